The predicted molar refractivity (Wildman–Crippen MR) is 82.7 cm³/mol. The molecule has 0 bridgehead atoms. The monoisotopic (exact) mass is 377 g/mol. The van der Waals surface area contributed by atoms with Gasteiger partial charge in [0.05, 0.1) is 11.0 Å². The summed E-state index contributed by atoms with van der Waals surface area (Å²) in [5.41, 5.74) is 1.01. The Morgan fingerprint density at radius 2 is 1.68 bits per heavy atom. The topological polar surface area (TPSA) is 80.4 Å². The molecular formula is C16H15F4NO3S. The molecule has 0 saturated carbocycles. The summed E-state index contributed by atoms with van der Waals surface area (Å²) in [6.07, 6.45) is -1.26. The Morgan fingerprint density at radius 3 is 2.24 bits per heavy atom. The fraction of sp³-hybridized carbons (Fsp3) is 0.250. The molecule has 0 fully saturated rings. The Morgan fingerprint density at radius 1 is 1.08 bits per heavy atom. The molecule has 2 unspecified atom stereocenters. The standard InChI is InChI=1S/C16H15F4NO3S/c17-12-6-4-11(5-7-12)15(22)14(21)9-10-2-1-3-13(8-10)25(23,24)16(18,19)20/h1-8,14-15,22H,9,21H2. The van der Waals surface area contributed by atoms with Crippen molar-refractivity contribution < 1.29 is 31.1 Å². The van der Waals surface area contributed by atoms with Crippen molar-refractivity contribution in [3.63, 3.8) is 0 Å². The van der Waals surface area contributed by atoms with Gasteiger partial charge in [0, 0.05) is 6.04 Å². The highest BCUT2D eigenvalue weighted by molar-refractivity contribution is 7.92. The molecule has 0 heterocycles. The molecule has 136 valence electrons. The zero-order valence-corrected chi connectivity index (χ0v) is 13.6. The Kier molecular flexibility index (Phi) is 5.50. The first kappa shape index (κ1) is 19.4. The molecule has 0 amide bonds. The number of benzene rings is 2. The van der Waals surface area contributed by atoms with Gasteiger partial charge in [-0.3, -0.25) is 0 Å². The highest BCUT2D eigenvalue weighted by atomic mass is 32.2. The number of aliphatic hydroxyl groups excluding tert-OH is 1. The van der Waals surface area contributed by atoms with E-state index in [1.54, 1.807) is 0 Å². The molecule has 0 spiro atoms. The Bertz CT molecular complexity index is 835. The Hall–Kier alpha value is -1.97. The molecular weight excluding hydrogens is 362 g/mol. The predicted octanol–water partition coefficient (Wildman–Crippen LogP) is 2.72. The summed E-state index contributed by atoms with van der Waals surface area (Å²) in [5, 5.41) is 10.2. The van der Waals surface area contributed by atoms with Crippen LogP contribution in [0.2, 0.25) is 0 Å². The zero-order valence-electron chi connectivity index (χ0n) is 12.7. The Labute approximate surface area is 141 Å². The number of rotatable bonds is 5. The lowest BCUT2D eigenvalue weighted by atomic mass is 9.97. The first-order valence-corrected chi connectivity index (χ1v) is 8.60. The van der Waals surface area contributed by atoms with Crippen LogP contribution >= 0.6 is 0 Å². The second-order valence-corrected chi connectivity index (χ2v) is 7.40. The van der Waals surface area contributed by atoms with Crippen LogP contribution in [-0.2, 0) is 16.3 Å². The summed E-state index contributed by atoms with van der Waals surface area (Å²) in [7, 11) is -5.46. The van der Waals surface area contributed by atoms with Crippen LogP contribution in [-0.4, -0.2) is 25.1 Å². The number of hydrogen-bond donors (Lipinski definition) is 2. The lowest BCUT2D eigenvalue weighted by Crippen LogP contribution is -2.31. The van der Waals surface area contributed by atoms with Crippen molar-refractivity contribution in [2.75, 3.05) is 0 Å². The van der Waals surface area contributed by atoms with Gasteiger partial charge in [-0.25, -0.2) is 12.8 Å². The second kappa shape index (κ2) is 7.11. The van der Waals surface area contributed by atoms with Crippen LogP contribution in [0.25, 0.3) is 0 Å². The lowest BCUT2D eigenvalue weighted by molar-refractivity contribution is -0.0436. The van der Waals surface area contributed by atoms with E-state index in [0.29, 0.717) is 5.56 Å². The largest absolute Gasteiger partial charge is 0.501 e. The van der Waals surface area contributed by atoms with E-state index in [2.05, 4.69) is 0 Å². The van der Waals surface area contributed by atoms with Gasteiger partial charge in [-0.05, 0) is 41.8 Å². The Balaban J connectivity index is 2.20. The SMILES string of the molecule is NC(Cc1cccc(S(=O)(=O)C(F)(F)F)c1)C(O)c1ccc(F)cc1. The molecule has 9 heteroatoms. The normalized spacial score (nSPS) is 15.0. The van der Waals surface area contributed by atoms with Gasteiger partial charge in [-0.1, -0.05) is 24.3 Å². The van der Waals surface area contributed by atoms with Crippen LogP contribution in [0.5, 0.6) is 0 Å². The number of nitrogens with two attached hydrogens (primary N) is 1. The summed E-state index contributed by atoms with van der Waals surface area (Å²) < 4.78 is 73.6. The summed E-state index contributed by atoms with van der Waals surface area (Å²) in [6.45, 7) is 0. The fourth-order valence-corrected chi connectivity index (χ4v) is 3.10. The van der Waals surface area contributed by atoms with Gasteiger partial charge in [0.2, 0.25) is 0 Å². The number of alkyl halides is 3. The minimum Gasteiger partial charge on any atom is -0.387 e. The molecule has 0 aromatic heterocycles. The van der Waals surface area contributed by atoms with E-state index in [0.717, 1.165) is 24.3 Å². The molecule has 3 N–H and O–H groups in total. The smallest absolute Gasteiger partial charge is 0.387 e. The van der Waals surface area contributed by atoms with Gasteiger partial charge in [-0.15, -0.1) is 0 Å². The van der Waals surface area contributed by atoms with Crippen molar-refractivity contribution in [3.8, 4) is 0 Å². The fourth-order valence-electron chi connectivity index (χ4n) is 2.26. The van der Waals surface area contributed by atoms with Crippen LogP contribution in [0, 0.1) is 5.82 Å². The van der Waals surface area contributed by atoms with Crippen molar-refractivity contribution >= 4 is 9.84 Å². The van der Waals surface area contributed by atoms with Gasteiger partial charge in [0.15, 0.2) is 0 Å². The van der Waals surface area contributed by atoms with Gasteiger partial charge >= 0.3 is 5.51 Å². The molecule has 2 aromatic carbocycles. The second-order valence-electron chi connectivity index (χ2n) is 5.46. The molecule has 4 nitrogen and oxygen atoms in total. The minimum atomic E-state index is -5.46. The van der Waals surface area contributed by atoms with Gasteiger partial charge < -0.3 is 10.8 Å². The third kappa shape index (κ3) is 4.36. The van der Waals surface area contributed by atoms with E-state index in [1.807, 2.05) is 0 Å². The van der Waals surface area contributed by atoms with Crippen molar-refractivity contribution in [1.82, 2.24) is 0 Å². The summed E-state index contributed by atoms with van der Waals surface area (Å²) in [6, 6.07) is 8.33. The maximum absolute atomic E-state index is 12.9. The maximum Gasteiger partial charge on any atom is 0.501 e. The molecule has 25 heavy (non-hydrogen) atoms. The van der Waals surface area contributed by atoms with Gasteiger partial charge in [0.1, 0.15) is 5.82 Å². The average Bonchev–Trinajstić information content (AvgIpc) is 2.54. The van der Waals surface area contributed by atoms with Crippen LogP contribution in [0.3, 0.4) is 0 Å². The molecule has 2 aromatic rings. The van der Waals surface area contributed by atoms with Crippen LogP contribution < -0.4 is 5.73 Å². The molecule has 2 rings (SSSR count). The third-order valence-electron chi connectivity index (χ3n) is 3.60. The molecule has 2 atom stereocenters. The van der Waals surface area contributed by atoms with E-state index in [1.165, 1.54) is 24.3 Å². The number of hydrogen-bond acceptors (Lipinski definition) is 4. The molecule has 0 radical (unpaired) electrons. The van der Waals surface area contributed by atoms with Crippen LogP contribution in [0.15, 0.2) is 53.4 Å². The molecule has 0 aliphatic rings. The highest BCUT2D eigenvalue weighted by Crippen LogP contribution is 2.31. The van der Waals surface area contributed by atoms with Crippen molar-refractivity contribution in [1.29, 1.82) is 0 Å². The van der Waals surface area contributed by atoms with E-state index >= 15 is 0 Å². The molecule has 0 saturated heterocycles. The van der Waals surface area contributed by atoms with Crippen LogP contribution in [0.4, 0.5) is 17.6 Å². The van der Waals surface area contributed by atoms with Crippen molar-refractivity contribution in [2.24, 2.45) is 5.73 Å². The number of aliphatic hydroxyl groups is 1. The van der Waals surface area contributed by atoms with Crippen molar-refractivity contribution in [2.45, 2.75) is 29.0 Å². The van der Waals surface area contributed by atoms with E-state index in [4.69, 9.17) is 5.73 Å². The molecule has 0 aliphatic heterocycles. The van der Waals surface area contributed by atoms with E-state index < -0.39 is 38.2 Å². The summed E-state index contributed by atoms with van der Waals surface area (Å²) >= 11 is 0. The third-order valence-corrected chi connectivity index (χ3v) is 5.09. The van der Waals surface area contributed by atoms with E-state index in [9.17, 15) is 31.1 Å². The quantitative estimate of drug-likeness (QED) is 0.786. The van der Waals surface area contributed by atoms with E-state index in [-0.39, 0.29) is 12.0 Å². The maximum atomic E-state index is 12.9. The summed E-state index contributed by atoms with van der Waals surface area (Å²) in [4.78, 5) is -0.888. The number of halogens is 4. The van der Waals surface area contributed by atoms with Crippen molar-refractivity contribution in [3.05, 3.63) is 65.5 Å². The summed E-state index contributed by atoms with van der Waals surface area (Å²) in [5.74, 6) is -0.491. The average molecular weight is 377 g/mol. The number of sulfone groups is 1. The highest BCUT2D eigenvalue weighted by Gasteiger charge is 2.46. The molecule has 0 aliphatic carbocycles. The van der Waals surface area contributed by atoms with Crippen LogP contribution in [0.1, 0.15) is 17.2 Å². The van der Waals surface area contributed by atoms with Gasteiger partial charge in [-0.2, -0.15) is 13.2 Å². The zero-order chi connectivity index (χ0) is 18.8. The van der Waals surface area contributed by atoms with Gasteiger partial charge in [0.25, 0.3) is 9.84 Å². The first-order chi connectivity index (χ1) is 11.5. The minimum absolute atomic E-state index is 0.0697. The first-order valence-electron chi connectivity index (χ1n) is 7.12. The lowest BCUT2D eigenvalue weighted by Gasteiger charge is -2.19.